The number of hydrogen-bond acceptors (Lipinski definition) is 4. The SMILES string of the molecule is O=C(NCCCCN1CCCN(c2c[nH]c3cc(F)ccc23)CC1)c1ccc2c(c1)C(=O)c1ccccc1-2. The van der Waals surface area contributed by atoms with Crippen LogP contribution in [0.25, 0.3) is 22.0 Å². The average molecular weight is 511 g/mol. The third kappa shape index (κ3) is 4.70. The van der Waals surface area contributed by atoms with E-state index in [1.807, 2.05) is 42.6 Å². The van der Waals surface area contributed by atoms with Gasteiger partial charge in [0.25, 0.3) is 5.91 Å². The number of ketones is 1. The number of hydrogen-bond donors (Lipinski definition) is 2. The second kappa shape index (κ2) is 10.4. The number of aromatic amines is 1. The molecule has 0 spiro atoms. The molecule has 0 radical (unpaired) electrons. The minimum Gasteiger partial charge on any atom is -0.368 e. The lowest BCUT2D eigenvalue weighted by Crippen LogP contribution is -2.32. The van der Waals surface area contributed by atoms with Gasteiger partial charge in [-0.2, -0.15) is 0 Å². The number of H-pyrrole nitrogens is 1. The molecule has 0 atom stereocenters. The van der Waals surface area contributed by atoms with E-state index in [4.69, 9.17) is 0 Å². The number of rotatable bonds is 7. The Bertz CT molecular complexity index is 1510. The van der Waals surface area contributed by atoms with Crippen molar-refractivity contribution in [2.75, 3.05) is 44.2 Å². The van der Waals surface area contributed by atoms with E-state index in [0.717, 1.165) is 79.7 Å². The molecule has 1 aliphatic heterocycles. The summed E-state index contributed by atoms with van der Waals surface area (Å²) >= 11 is 0. The van der Waals surface area contributed by atoms with Gasteiger partial charge < -0.3 is 20.1 Å². The number of anilines is 1. The Balaban J connectivity index is 0.962. The van der Waals surface area contributed by atoms with E-state index in [0.29, 0.717) is 23.2 Å². The van der Waals surface area contributed by atoms with Crippen molar-refractivity contribution in [1.29, 1.82) is 0 Å². The average Bonchev–Trinajstić information content (AvgIpc) is 3.37. The number of halogens is 1. The predicted molar refractivity (Wildman–Crippen MR) is 148 cm³/mol. The highest BCUT2D eigenvalue weighted by Crippen LogP contribution is 2.36. The first-order valence-corrected chi connectivity index (χ1v) is 13.4. The van der Waals surface area contributed by atoms with Gasteiger partial charge in [-0.25, -0.2) is 4.39 Å². The molecule has 4 aromatic rings. The van der Waals surface area contributed by atoms with Gasteiger partial charge in [0.1, 0.15) is 5.82 Å². The first-order chi connectivity index (χ1) is 18.6. The highest BCUT2D eigenvalue weighted by Gasteiger charge is 2.27. The molecule has 1 fully saturated rings. The van der Waals surface area contributed by atoms with Gasteiger partial charge in [-0.05, 0) is 73.8 Å². The van der Waals surface area contributed by atoms with Crippen molar-refractivity contribution < 1.29 is 14.0 Å². The number of unbranched alkanes of at least 4 members (excludes halogenated alkanes) is 1. The normalized spacial score (nSPS) is 15.4. The van der Waals surface area contributed by atoms with Crippen LogP contribution in [0.2, 0.25) is 0 Å². The number of nitrogens with zero attached hydrogens (tertiary/aromatic N) is 2. The summed E-state index contributed by atoms with van der Waals surface area (Å²) in [5.41, 5.74) is 5.64. The zero-order valence-electron chi connectivity index (χ0n) is 21.3. The van der Waals surface area contributed by atoms with Gasteiger partial charge in [0.15, 0.2) is 5.78 Å². The molecule has 1 saturated heterocycles. The summed E-state index contributed by atoms with van der Waals surface area (Å²) in [6.07, 6.45) is 4.96. The fourth-order valence-corrected chi connectivity index (χ4v) is 5.71. The van der Waals surface area contributed by atoms with Gasteiger partial charge in [0.2, 0.25) is 0 Å². The molecule has 0 unspecified atom stereocenters. The Morgan fingerprint density at radius 2 is 1.74 bits per heavy atom. The van der Waals surface area contributed by atoms with Crippen LogP contribution in [0.3, 0.4) is 0 Å². The molecular formula is C31H31FN4O2. The standard InChI is InChI=1S/C31H31FN4O2/c32-22-9-11-26-28(19-22)34-20-29(26)36-15-5-14-35(16-17-36)13-4-3-12-33-31(38)21-8-10-24-23-6-1-2-7-25(23)30(37)27(24)18-21/h1-2,6-11,18-20,34H,3-5,12-17H2,(H,33,38). The first-order valence-electron chi connectivity index (χ1n) is 13.4. The number of fused-ring (bicyclic) bond motifs is 4. The smallest absolute Gasteiger partial charge is 0.251 e. The quantitative estimate of drug-likeness (QED) is 0.294. The maximum Gasteiger partial charge on any atom is 0.251 e. The highest BCUT2D eigenvalue weighted by molar-refractivity contribution is 6.22. The first kappa shape index (κ1) is 24.4. The van der Waals surface area contributed by atoms with Crippen molar-refractivity contribution >= 4 is 28.3 Å². The summed E-state index contributed by atoms with van der Waals surface area (Å²) in [5, 5.41) is 4.08. The number of aromatic nitrogens is 1. The zero-order valence-corrected chi connectivity index (χ0v) is 21.3. The van der Waals surface area contributed by atoms with E-state index in [-0.39, 0.29) is 17.5 Å². The van der Waals surface area contributed by atoms with Gasteiger partial charge in [-0.3, -0.25) is 9.59 Å². The lowest BCUT2D eigenvalue weighted by molar-refractivity contribution is 0.0952. The van der Waals surface area contributed by atoms with Crippen molar-refractivity contribution in [2.45, 2.75) is 19.3 Å². The largest absolute Gasteiger partial charge is 0.368 e. The summed E-state index contributed by atoms with van der Waals surface area (Å²) in [5.74, 6) is -0.377. The van der Waals surface area contributed by atoms with Crippen molar-refractivity contribution in [3.8, 4) is 11.1 Å². The number of benzene rings is 3. The molecule has 3 aromatic carbocycles. The molecule has 194 valence electrons. The van der Waals surface area contributed by atoms with E-state index in [1.54, 1.807) is 18.2 Å². The van der Waals surface area contributed by atoms with Crippen LogP contribution < -0.4 is 10.2 Å². The minimum atomic E-state index is -0.225. The van der Waals surface area contributed by atoms with Crippen molar-refractivity contribution in [3.05, 3.63) is 89.4 Å². The topological polar surface area (TPSA) is 68.4 Å². The Hall–Kier alpha value is -3.97. The van der Waals surface area contributed by atoms with Crippen LogP contribution in [0.15, 0.2) is 66.9 Å². The summed E-state index contributed by atoms with van der Waals surface area (Å²) < 4.78 is 13.5. The molecule has 1 aliphatic carbocycles. The van der Waals surface area contributed by atoms with Gasteiger partial charge >= 0.3 is 0 Å². The van der Waals surface area contributed by atoms with Gasteiger partial charge in [0.05, 0.1) is 11.2 Å². The number of amides is 1. The van der Waals surface area contributed by atoms with E-state index >= 15 is 0 Å². The maximum absolute atomic E-state index is 13.5. The fourth-order valence-electron chi connectivity index (χ4n) is 5.71. The zero-order chi connectivity index (χ0) is 26.1. The van der Waals surface area contributed by atoms with Crippen LogP contribution in [-0.4, -0.2) is 60.8 Å². The van der Waals surface area contributed by atoms with E-state index in [2.05, 4.69) is 20.1 Å². The van der Waals surface area contributed by atoms with Crippen LogP contribution in [-0.2, 0) is 0 Å². The molecule has 2 N–H and O–H groups in total. The van der Waals surface area contributed by atoms with Gasteiger partial charge in [-0.1, -0.05) is 30.3 Å². The molecule has 38 heavy (non-hydrogen) atoms. The van der Waals surface area contributed by atoms with Crippen molar-refractivity contribution in [2.24, 2.45) is 0 Å². The Morgan fingerprint density at radius 3 is 2.63 bits per heavy atom. The summed E-state index contributed by atoms with van der Waals surface area (Å²) in [6, 6.07) is 17.9. The van der Waals surface area contributed by atoms with Gasteiger partial charge in [-0.15, -0.1) is 0 Å². The third-order valence-corrected chi connectivity index (χ3v) is 7.73. The predicted octanol–water partition coefficient (Wildman–Crippen LogP) is 5.24. The molecule has 1 aromatic heterocycles. The van der Waals surface area contributed by atoms with Crippen LogP contribution in [0.1, 0.15) is 45.5 Å². The lowest BCUT2D eigenvalue weighted by atomic mass is 10.0. The summed E-state index contributed by atoms with van der Waals surface area (Å²) in [7, 11) is 0. The molecular weight excluding hydrogens is 479 g/mol. The lowest BCUT2D eigenvalue weighted by Gasteiger charge is -2.23. The van der Waals surface area contributed by atoms with Crippen LogP contribution in [0.5, 0.6) is 0 Å². The second-order valence-electron chi connectivity index (χ2n) is 10.1. The number of carbonyl (C=O) groups is 2. The minimum absolute atomic E-state index is 0.0140. The Labute approximate surface area is 221 Å². The number of nitrogens with one attached hydrogen (secondary N) is 2. The second-order valence-corrected chi connectivity index (χ2v) is 10.1. The van der Waals surface area contributed by atoms with Crippen LogP contribution in [0, 0.1) is 5.82 Å². The monoisotopic (exact) mass is 510 g/mol. The van der Waals surface area contributed by atoms with Gasteiger partial charge in [0, 0.05) is 54.5 Å². The van der Waals surface area contributed by atoms with Crippen LogP contribution in [0.4, 0.5) is 10.1 Å². The maximum atomic E-state index is 13.5. The van der Waals surface area contributed by atoms with E-state index < -0.39 is 0 Å². The van der Waals surface area contributed by atoms with Crippen LogP contribution >= 0.6 is 0 Å². The molecule has 2 aliphatic rings. The van der Waals surface area contributed by atoms with E-state index in [9.17, 15) is 14.0 Å². The van der Waals surface area contributed by atoms with Crippen molar-refractivity contribution in [1.82, 2.24) is 15.2 Å². The molecule has 6 nitrogen and oxygen atoms in total. The highest BCUT2D eigenvalue weighted by atomic mass is 19.1. The molecule has 2 heterocycles. The third-order valence-electron chi connectivity index (χ3n) is 7.73. The molecule has 1 amide bonds. The van der Waals surface area contributed by atoms with E-state index in [1.165, 1.54) is 6.07 Å². The fraction of sp³-hybridized carbons (Fsp3) is 0.290. The molecule has 0 bridgehead atoms. The molecule has 6 rings (SSSR count). The van der Waals surface area contributed by atoms with Crippen molar-refractivity contribution in [3.63, 3.8) is 0 Å². The summed E-state index contributed by atoms with van der Waals surface area (Å²) in [6.45, 7) is 5.54. The Kier molecular flexibility index (Phi) is 6.68. The molecule has 7 heteroatoms. The number of carbonyl (C=O) groups excluding carboxylic acids is 2. The Morgan fingerprint density at radius 1 is 0.895 bits per heavy atom. The molecule has 0 saturated carbocycles. The summed E-state index contributed by atoms with van der Waals surface area (Å²) in [4.78, 5) is 33.5.